The molecule has 0 aromatic carbocycles. The van der Waals surface area contributed by atoms with Gasteiger partial charge in [0.15, 0.2) is 0 Å². The van der Waals surface area contributed by atoms with Gasteiger partial charge in [-0.15, -0.1) is 0 Å². The summed E-state index contributed by atoms with van der Waals surface area (Å²) in [6.45, 7) is 6.48. The molecule has 90 valence electrons. The maximum absolute atomic E-state index is 5.64. The Morgan fingerprint density at radius 2 is 2.06 bits per heavy atom. The van der Waals surface area contributed by atoms with Crippen LogP contribution in [0.3, 0.4) is 0 Å². The van der Waals surface area contributed by atoms with Crippen LogP contribution >= 0.6 is 0 Å². The number of hydrazine groups is 1. The third-order valence-electron chi connectivity index (χ3n) is 3.25. The number of nitrogens with two attached hydrogens (primary N) is 1. The molecule has 0 radical (unpaired) electrons. The third-order valence-corrected chi connectivity index (χ3v) is 3.25. The monoisotopic (exact) mass is 221 g/mol. The van der Waals surface area contributed by atoms with E-state index in [1.807, 2.05) is 19.2 Å². The van der Waals surface area contributed by atoms with Gasteiger partial charge >= 0.3 is 0 Å². The lowest BCUT2D eigenvalue weighted by atomic mass is 9.91. The average Bonchev–Trinajstić information content (AvgIpc) is 2.31. The fourth-order valence-corrected chi connectivity index (χ4v) is 2.04. The summed E-state index contributed by atoms with van der Waals surface area (Å²) in [5.41, 5.74) is 5.20. The summed E-state index contributed by atoms with van der Waals surface area (Å²) in [5, 5.41) is 0. The van der Waals surface area contributed by atoms with Crippen LogP contribution in [0.2, 0.25) is 0 Å². The van der Waals surface area contributed by atoms with E-state index in [2.05, 4.69) is 30.3 Å². The van der Waals surface area contributed by atoms with Gasteiger partial charge in [-0.25, -0.2) is 0 Å². The third kappa shape index (κ3) is 3.58. The van der Waals surface area contributed by atoms with Crippen molar-refractivity contribution < 1.29 is 0 Å². The predicted molar refractivity (Wildman–Crippen MR) is 67.7 cm³/mol. The topological polar surface area (TPSA) is 50.9 Å². The van der Waals surface area contributed by atoms with Crippen LogP contribution in [0.5, 0.6) is 0 Å². The van der Waals surface area contributed by atoms with Crippen LogP contribution in [0, 0.1) is 12.8 Å². The van der Waals surface area contributed by atoms with E-state index in [9.17, 15) is 0 Å². The number of nitrogens with one attached hydrogen (secondary N) is 1. The number of hydrogen-bond acceptors (Lipinski definition) is 3. The summed E-state index contributed by atoms with van der Waals surface area (Å²) in [6, 6.07) is 4.39. The van der Waals surface area contributed by atoms with Gasteiger partial charge in [-0.05, 0) is 37.0 Å². The van der Waals surface area contributed by atoms with Gasteiger partial charge in [0.2, 0.25) is 0 Å². The molecule has 3 N–H and O–H groups in total. The molecule has 16 heavy (non-hydrogen) atoms. The summed E-state index contributed by atoms with van der Waals surface area (Å²) in [7, 11) is 0. The first-order valence-electron chi connectivity index (χ1n) is 6.09. The molecule has 1 rings (SSSR count). The van der Waals surface area contributed by atoms with Crippen molar-refractivity contribution in [2.45, 2.75) is 46.1 Å². The zero-order valence-corrected chi connectivity index (χ0v) is 10.5. The minimum atomic E-state index is 0.242. The van der Waals surface area contributed by atoms with Crippen LogP contribution in [-0.4, -0.2) is 4.98 Å². The second kappa shape index (κ2) is 6.61. The summed E-state index contributed by atoms with van der Waals surface area (Å²) < 4.78 is 0. The van der Waals surface area contributed by atoms with Crippen molar-refractivity contribution in [3.8, 4) is 0 Å². The van der Waals surface area contributed by atoms with E-state index in [4.69, 9.17) is 5.84 Å². The molecule has 1 atom stereocenters. The molecule has 0 amide bonds. The van der Waals surface area contributed by atoms with E-state index in [0.717, 1.165) is 18.0 Å². The molecule has 0 bridgehead atoms. The minimum Gasteiger partial charge on any atom is -0.271 e. The smallest absolute Gasteiger partial charge is 0.0463 e. The van der Waals surface area contributed by atoms with Gasteiger partial charge in [-0.1, -0.05) is 26.7 Å². The Balaban J connectivity index is 2.74. The summed E-state index contributed by atoms with van der Waals surface area (Å²) in [6.07, 6.45) is 5.35. The SMILES string of the molecule is CCC(CC)CC(NN)c1ccnc(C)c1. The fraction of sp³-hybridized carbons (Fsp3) is 0.615. The first-order chi connectivity index (χ1) is 7.71. The lowest BCUT2D eigenvalue weighted by molar-refractivity contribution is 0.374. The van der Waals surface area contributed by atoms with Crippen molar-refractivity contribution in [1.29, 1.82) is 0 Å². The standard InChI is InChI=1S/C13H23N3/c1-4-11(5-2)9-13(16-14)12-6-7-15-10(3)8-12/h6-8,11,13,16H,4-5,9,14H2,1-3H3. The quantitative estimate of drug-likeness (QED) is 0.573. The van der Waals surface area contributed by atoms with Gasteiger partial charge < -0.3 is 0 Å². The Kier molecular flexibility index (Phi) is 5.43. The highest BCUT2D eigenvalue weighted by atomic mass is 15.2. The molecule has 1 unspecified atom stereocenters. The lowest BCUT2D eigenvalue weighted by Gasteiger charge is -2.21. The molecular weight excluding hydrogens is 198 g/mol. The number of nitrogens with zero attached hydrogens (tertiary/aromatic N) is 1. The second-order valence-electron chi connectivity index (χ2n) is 4.37. The molecule has 0 saturated heterocycles. The van der Waals surface area contributed by atoms with Crippen molar-refractivity contribution in [2.75, 3.05) is 0 Å². The van der Waals surface area contributed by atoms with Crippen LogP contribution in [0.4, 0.5) is 0 Å². The highest BCUT2D eigenvalue weighted by Crippen LogP contribution is 2.24. The Bertz CT molecular complexity index is 308. The number of aromatic nitrogens is 1. The van der Waals surface area contributed by atoms with Gasteiger partial charge in [0.1, 0.15) is 0 Å². The molecule has 0 fully saturated rings. The first-order valence-corrected chi connectivity index (χ1v) is 6.09. The normalized spacial score (nSPS) is 13.1. The molecular formula is C13H23N3. The second-order valence-corrected chi connectivity index (χ2v) is 4.37. The fourth-order valence-electron chi connectivity index (χ4n) is 2.04. The number of aryl methyl sites for hydroxylation is 1. The zero-order chi connectivity index (χ0) is 12.0. The van der Waals surface area contributed by atoms with Crippen LogP contribution in [0.1, 0.15) is 50.4 Å². The Labute approximate surface area is 98.4 Å². The van der Waals surface area contributed by atoms with Crippen molar-refractivity contribution in [1.82, 2.24) is 10.4 Å². The van der Waals surface area contributed by atoms with Crippen LogP contribution in [-0.2, 0) is 0 Å². The summed E-state index contributed by atoms with van der Waals surface area (Å²) >= 11 is 0. The molecule has 0 saturated carbocycles. The molecule has 3 nitrogen and oxygen atoms in total. The van der Waals surface area contributed by atoms with Gasteiger partial charge in [0.05, 0.1) is 0 Å². The van der Waals surface area contributed by atoms with E-state index in [0.29, 0.717) is 0 Å². The Morgan fingerprint density at radius 1 is 1.38 bits per heavy atom. The molecule has 0 aliphatic carbocycles. The van der Waals surface area contributed by atoms with Crippen LogP contribution in [0.15, 0.2) is 18.3 Å². The minimum absolute atomic E-state index is 0.242. The molecule has 0 aliphatic heterocycles. The Morgan fingerprint density at radius 3 is 2.56 bits per heavy atom. The van der Waals surface area contributed by atoms with E-state index >= 15 is 0 Å². The van der Waals surface area contributed by atoms with Gasteiger partial charge in [-0.3, -0.25) is 16.3 Å². The zero-order valence-electron chi connectivity index (χ0n) is 10.5. The van der Waals surface area contributed by atoms with E-state index in [1.54, 1.807) is 0 Å². The van der Waals surface area contributed by atoms with Crippen LogP contribution in [0.25, 0.3) is 0 Å². The van der Waals surface area contributed by atoms with Gasteiger partial charge in [-0.2, -0.15) is 0 Å². The molecule has 0 aliphatic rings. The maximum atomic E-state index is 5.64. The Hall–Kier alpha value is -0.930. The maximum Gasteiger partial charge on any atom is 0.0463 e. The van der Waals surface area contributed by atoms with E-state index in [-0.39, 0.29) is 6.04 Å². The predicted octanol–water partition coefficient (Wildman–Crippen LogP) is 2.72. The molecule has 1 heterocycles. The van der Waals surface area contributed by atoms with E-state index in [1.165, 1.54) is 18.4 Å². The average molecular weight is 221 g/mol. The lowest BCUT2D eigenvalue weighted by Crippen LogP contribution is -2.29. The highest BCUT2D eigenvalue weighted by Gasteiger charge is 2.14. The van der Waals surface area contributed by atoms with Gasteiger partial charge in [0, 0.05) is 17.9 Å². The molecule has 0 spiro atoms. The van der Waals surface area contributed by atoms with Crippen molar-refractivity contribution >= 4 is 0 Å². The van der Waals surface area contributed by atoms with Gasteiger partial charge in [0.25, 0.3) is 0 Å². The van der Waals surface area contributed by atoms with Crippen LogP contribution < -0.4 is 11.3 Å². The summed E-state index contributed by atoms with van der Waals surface area (Å²) in [5.74, 6) is 6.37. The van der Waals surface area contributed by atoms with E-state index < -0.39 is 0 Å². The number of pyridine rings is 1. The highest BCUT2D eigenvalue weighted by molar-refractivity contribution is 5.19. The largest absolute Gasteiger partial charge is 0.271 e. The first kappa shape index (κ1) is 13.1. The summed E-state index contributed by atoms with van der Waals surface area (Å²) in [4.78, 5) is 4.21. The molecule has 3 heteroatoms. The van der Waals surface area contributed by atoms with Crippen molar-refractivity contribution in [3.63, 3.8) is 0 Å². The number of hydrogen-bond donors (Lipinski definition) is 2. The number of rotatable bonds is 6. The molecule has 1 aromatic heterocycles. The molecule has 1 aromatic rings. The van der Waals surface area contributed by atoms with Crippen molar-refractivity contribution in [2.24, 2.45) is 11.8 Å². The van der Waals surface area contributed by atoms with Crippen molar-refractivity contribution in [3.05, 3.63) is 29.6 Å².